The quantitative estimate of drug-likeness (QED) is 0.674. The molecule has 0 aliphatic rings. The van der Waals surface area contributed by atoms with Crippen molar-refractivity contribution in [2.24, 2.45) is 0 Å². The van der Waals surface area contributed by atoms with Gasteiger partial charge in [0.05, 0.1) is 0 Å². The van der Waals surface area contributed by atoms with Crippen LogP contribution in [0, 0.1) is 0 Å². The number of amides is 1. The zero-order valence-corrected chi connectivity index (χ0v) is 14.4. The predicted octanol–water partition coefficient (Wildman–Crippen LogP) is 4.51. The Morgan fingerprint density at radius 3 is 2.71 bits per heavy atom. The molecule has 126 valence electrons. The van der Waals surface area contributed by atoms with Crippen LogP contribution in [-0.2, 0) is 4.79 Å². The number of benzene rings is 1. The second-order valence-electron chi connectivity index (χ2n) is 4.67. The van der Waals surface area contributed by atoms with Gasteiger partial charge in [-0.3, -0.25) is 9.69 Å². The number of nitrogens with zero attached hydrogens (tertiary/aromatic N) is 2. The molecule has 1 heterocycles. The van der Waals surface area contributed by atoms with E-state index in [1.54, 1.807) is 36.5 Å². The van der Waals surface area contributed by atoms with Crippen LogP contribution in [0.5, 0.6) is 5.75 Å². The van der Waals surface area contributed by atoms with Gasteiger partial charge in [-0.15, -0.1) is 0 Å². The van der Waals surface area contributed by atoms with Gasteiger partial charge in [0.1, 0.15) is 11.6 Å². The number of hydrogen-bond donors (Lipinski definition) is 0. The van der Waals surface area contributed by atoms with E-state index >= 15 is 0 Å². The van der Waals surface area contributed by atoms with E-state index in [1.165, 1.54) is 23.1 Å². The smallest absolute Gasteiger partial charge is 0.387 e. The van der Waals surface area contributed by atoms with Crippen LogP contribution < -0.4 is 9.64 Å². The Kier molecular flexibility index (Phi) is 6.43. The monoisotopic (exact) mass is 396 g/mol. The number of carbonyl (C=O) groups is 1. The van der Waals surface area contributed by atoms with E-state index in [-0.39, 0.29) is 11.7 Å². The average molecular weight is 397 g/mol. The topological polar surface area (TPSA) is 42.4 Å². The van der Waals surface area contributed by atoms with Gasteiger partial charge in [0, 0.05) is 28.9 Å². The molecule has 0 fully saturated rings. The van der Waals surface area contributed by atoms with Gasteiger partial charge in [0.15, 0.2) is 0 Å². The molecule has 4 nitrogen and oxygen atoms in total. The molecule has 7 heteroatoms. The molecule has 0 atom stereocenters. The first-order valence-corrected chi connectivity index (χ1v) is 7.95. The van der Waals surface area contributed by atoms with Gasteiger partial charge >= 0.3 is 6.61 Å². The van der Waals surface area contributed by atoms with Crippen molar-refractivity contribution in [1.82, 2.24) is 4.98 Å². The van der Waals surface area contributed by atoms with Crippen LogP contribution in [-0.4, -0.2) is 24.0 Å². The van der Waals surface area contributed by atoms with Crippen molar-refractivity contribution in [2.45, 2.75) is 13.5 Å². The number of ether oxygens (including phenoxy) is 1. The molecule has 1 aromatic carbocycles. The molecule has 2 aromatic rings. The maximum Gasteiger partial charge on any atom is 0.387 e. The number of carbonyl (C=O) groups excluding carboxylic acids is 1. The van der Waals surface area contributed by atoms with Gasteiger partial charge in [0.2, 0.25) is 0 Å². The van der Waals surface area contributed by atoms with Crippen molar-refractivity contribution in [2.75, 3.05) is 11.4 Å². The molecule has 2 rings (SSSR count). The Morgan fingerprint density at radius 2 is 2.08 bits per heavy atom. The number of anilines is 1. The van der Waals surface area contributed by atoms with Crippen LogP contribution in [0.25, 0.3) is 6.08 Å². The maximum atomic E-state index is 12.4. The summed E-state index contributed by atoms with van der Waals surface area (Å²) in [6.45, 7) is -0.676. The van der Waals surface area contributed by atoms with E-state index in [0.29, 0.717) is 17.9 Å². The molecular formula is C17H15BrF2N2O2. The van der Waals surface area contributed by atoms with E-state index in [4.69, 9.17) is 0 Å². The van der Waals surface area contributed by atoms with Crippen LogP contribution in [0.15, 0.2) is 53.1 Å². The highest BCUT2D eigenvalue weighted by Crippen LogP contribution is 2.22. The number of para-hydroxylation sites is 1. The van der Waals surface area contributed by atoms with Crippen molar-refractivity contribution < 1.29 is 18.3 Å². The third-order valence-electron chi connectivity index (χ3n) is 3.11. The number of hydrogen-bond acceptors (Lipinski definition) is 3. The summed E-state index contributed by atoms with van der Waals surface area (Å²) in [4.78, 5) is 18.0. The van der Waals surface area contributed by atoms with Crippen LogP contribution >= 0.6 is 15.9 Å². The Bertz CT molecular complexity index is 721. The SMILES string of the molecule is CCN(C(=O)/C=C/c1ccccc1OC(F)F)c1ccc(Br)cn1. The molecule has 1 aromatic heterocycles. The molecule has 0 unspecified atom stereocenters. The van der Waals surface area contributed by atoms with Gasteiger partial charge in [-0.05, 0) is 47.1 Å². The number of likely N-dealkylation sites (N-methyl/N-ethyl adjacent to an activating group) is 1. The van der Waals surface area contributed by atoms with Crippen molar-refractivity contribution in [1.29, 1.82) is 0 Å². The third-order valence-corrected chi connectivity index (χ3v) is 3.58. The summed E-state index contributed by atoms with van der Waals surface area (Å²) in [7, 11) is 0. The Labute approximate surface area is 146 Å². The standard InChI is InChI=1S/C17H15BrF2N2O2/c1-2-22(15-9-8-13(18)11-21-15)16(23)10-7-12-5-3-4-6-14(12)24-17(19)20/h3-11,17H,2H2,1H3/b10-7+. The Balaban J connectivity index is 2.18. The highest BCUT2D eigenvalue weighted by Gasteiger charge is 2.13. The lowest BCUT2D eigenvalue weighted by atomic mass is 10.2. The molecule has 24 heavy (non-hydrogen) atoms. The molecule has 0 radical (unpaired) electrons. The van der Waals surface area contributed by atoms with E-state index in [0.717, 1.165) is 4.47 Å². The molecule has 0 N–H and O–H groups in total. The van der Waals surface area contributed by atoms with Crippen molar-refractivity contribution in [3.05, 3.63) is 58.7 Å². The zero-order valence-electron chi connectivity index (χ0n) is 12.8. The van der Waals surface area contributed by atoms with Crippen molar-refractivity contribution in [3.63, 3.8) is 0 Å². The van der Waals surface area contributed by atoms with Crippen LogP contribution in [0.4, 0.5) is 14.6 Å². The molecule has 1 amide bonds. The highest BCUT2D eigenvalue weighted by molar-refractivity contribution is 9.10. The second kappa shape index (κ2) is 8.54. The van der Waals surface area contributed by atoms with Crippen molar-refractivity contribution >= 4 is 33.7 Å². The third kappa shape index (κ3) is 4.86. The van der Waals surface area contributed by atoms with Crippen LogP contribution in [0.1, 0.15) is 12.5 Å². The average Bonchev–Trinajstić information content (AvgIpc) is 2.56. The lowest BCUT2D eigenvalue weighted by molar-refractivity contribution is -0.114. The number of rotatable bonds is 6. The van der Waals surface area contributed by atoms with E-state index in [2.05, 4.69) is 25.7 Å². The molecule has 0 saturated carbocycles. The summed E-state index contributed by atoms with van der Waals surface area (Å²) in [5, 5.41) is 0. The molecule has 0 spiro atoms. The summed E-state index contributed by atoms with van der Waals surface area (Å²) in [5.74, 6) is 0.216. The lowest BCUT2D eigenvalue weighted by Crippen LogP contribution is -2.29. The minimum Gasteiger partial charge on any atom is -0.434 e. The van der Waals surface area contributed by atoms with E-state index < -0.39 is 6.61 Å². The first-order valence-electron chi connectivity index (χ1n) is 7.16. The number of halogens is 3. The maximum absolute atomic E-state index is 12.4. The van der Waals surface area contributed by atoms with Crippen LogP contribution in [0.3, 0.4) is 0 Å². The fraction of sp³-hybridized carbons (Fsp3) is 0.176. The zero-order chi connectivity index (χ0) is 17.5. The highest BCUT2D eigenvalue weighted by atomic mass is 79.9. The Hall–Kier alpha value is -2.28. The molecular weight excluding hydrogens is 382 g/mol. The van der Waals surface area contributed by atoms with Gasteiger partial charge in [-0.2, -0.15) is 8.78 Å². The molecule has 0 aliphatic heterocycles. The number of aromatic nitrogens is 1. The van der Waals surface area contributed by atoms with E-state index in [9.17, 15) is 13.6 Å². The van der Waals surface area contributed by atoms with Gasteiger partial charge < -0.3 is 4.74 Å². The van der Waals surface area contributed by atoms with E-state index in [1.807, 2.05) is 6.92 Å². The van der Waals surface area contributed by atoms with Crippen molar-refractivity contribution in [3.8, 4) is 5.75 Å². The lowest BCUT2D eigenvalue weighted by Gasteiger charge is -2.18. The number of pyridine rings is 1. The van der Waals surface area contributed by atoms with Gasteiger partial charge in [-0.25, -0.2) is 4.98 Å². The summed E-state index contributed by atoms with van der Waals surface area (Å²) in [6.07, 6.45) is 4.35. The fourth-order valence-corrected chi connectivity index (χ4v) is 2.27. The first kappa shape index (κ1) is 18.1. The second-order valence-corrected chi connectivity index (χ2v) is 5.58. The minimum atomic E-state index is -2.92. The van der Waals surface area contributed by atoms with Gasteiger partial charge in [0.25, 0.3) is 5.91 Å². The van der Waals surface area contributed by atoms with Crippen LogP contribution in [0.2, 0.25) is 0 Å². The van der Waals surface area contributed by atoms with Gasteiger partial charge in [-0.1, -0.05) is 18.2 Å². The summed E-state index contributed by atoms with van der Waals surface area (Å²) in [5.41, 5.74) is 0.394. The summed E-state index contributed by atoms with van der Waals surface area (Å²) in [6, 6.07) is 9.78. The summed E-state index contributed by atoms with van der Waals surface area (Å²) >= 11 is 3.29. The minimum absolute atomic E-state index is 0.0152. The first-order chi connectivity index (χ1) is 11.5. The largest absolute Gasteiger partial charge is 0.434 e. The fourth-order valence-electron chi connectivity index (χ4n) is 2.03. The number of alkyl halides is 2. The molecule has 0 saturated heterocycles. The predicted molar refractivity (Wildman–Crippen MR) is 92.1 cm³/mol. The normalized spacial score (nSPS) is 11.0. The molecule has 0 bridgehead atoms. The Morgan fingerprint density at radius 1 is 1.33 bits per heavy atom. The summed E-state index contributed by atoms with van der Waals surface area (Å²) < 4.78 is 30.0. The molecule has 0 aliphatic carbocycles.